The number of rotatable bonds is 3. The summed E-state index contributed by atoms with van der Waals surface area (Å²) in [6.07, 6.45) is 1.69. The zero-order valence-corrected chi connectivity index (χ0v) is 13.5. The second-order valence-electron chi connectivity index (χ2n) is 5.13. The van der Waals surface area contributed by atoms with E-state index in [0.29, 0.717) is 11.7 Å². The summed E-state index contributed by atoms with van der Waals surface area (Å²) in [4.78, 5) is 10.1. The van der Waals surface area contributed by atoms with Crippen LogP contribution in [0.1, 0.15) is 16.4 Å². The Morgan fingerprint density at radius 1 is 1.30 bits per heavy atom. The highest BCUT2D eigenvalue weighted by Gasteiger charge is 2.22. The number of nitrogens with zero attached hydrogens (tertiary/aromatic N) is 2. The molecule has 2 aromatic heterocycles. The molecule has 6 heteroatoms. The van der Waals surface area contributed by atoms with Crippen molar-refractivity contribution in [2.75, 3.05) is 7.11 Å². The zero-order valence-electron chi connectivity index (χ0n) is 12.7. The van der Waals surface area contributed by atoms with Crippen LogP contribution in [0.25, 0.3) is 11.3 Å². The van der Waals surface area contributed by atoms with Crippen LogP contribution in [0.15, 0.2) is 39.7 Å². The number of methoxy groups -OCH3 is 1. The fourth-order valence-electron chi connectivity index (χ4n) is 2.43. The molecule has 3 aromatic rings. The molecule has 116 valence electrons. The molecule has 23 heavy (non-hydrogen) atoms. The van der Waals surface area contributed by atoms with Gasteiger partial charge in [-0.05, 0) is 31.2 Å². The van der Waals surface area contributed by atoms with Crippen molar-refractivity contribution in [1.29, 1.82) is 0 Å². The largest absolute Gasteiger partial charge is 0.497 e. The summed E-state index contributed by atoms with van der Waals surface area (Å²) in [6, 6.07) is 9.55. The first-order valence-corrected chi connectivity index (χ1v) is 7.96. The van der Waals surface area contributed by atoms with Crippen molar-refractivity contribution in [2.45, 2.75) is 13.5 Å². The summed E-state index contributed by atoms with van der Waals surface area (Å²) in [5.74, 6) is 3.14. The molecule has 0 bridgehead atoms. The minimum Gasteiger partial charge on any atom is -0.497 e. The number of aliphatic imine (C=N–C) groups is 1. The van der Waals surface area contributed by atoms with Crippen molar-refractivity contribution < 1.29 is 13.9 Å². The average molecular weight is 326 g/mol. The number of furan rings is 1. The Morgan fingerprint density at radius 3 is 3.00 bits per heavy atom. The maximum absolute atomic E-state index is 5.79. The molecule has 0 saturated heterocycles. The van der Waals surface area contributed by atoms with E-state index in [1.165, 1.54) is 11.3 Å². The predicted octanol–water partition coefficient (Wildman–Crippen LogP) is 4.36. The second-order valence-corrected chi connectivity index (χ2v) is 6.19. The third-order valence-electron chi connectivity index (χ3n) is 3.55. The van der Waals surface area contributed by atoms with Crippen LogP contribution in [-0.4, -0.2) is 18.3 Å². The fourth-order valence-corrected chi connectivity index (χ4v) is 3.27. The first-order valence-electron chi connectivity index (χ1n) is 7.14. The number of benzene rings is 1. The Kier molecular flexibility index (Phi) is 3.38. The minimum atomic E-state index is 0.503. The molecule has 4 rings (SSSR count). The number of fused-ring (bicyclic) bond motifs is 3. The Labute approximate surface area is 137 Å². The molecule has 5 nitrogen and oxygen atoms in total. The number of hydrogen-bond acceptors (Lipinski definition) is 6. The van der Waals surface area contributed by atoms with Crippen LogP contribution in [0.2, 0.25) is 0 Å². The van der Waals surface area contributed by atoms with Crippen molar-refractivity contribution in [2.24, 2.45) is 4.99 Å². The summed E-state index contributed by atoms with van der Waals surface area (Å²) in [6.45, 7) is 2.41. The first-order chi connectivity index (χ1) is 11.2. The van der Waals surface area contributed by atoms with Gasteiger partial charge in [0.05, 0.1) is 23.9 Å². The van der Waals surface area contributed by atoms with Crippen molar-refractivity contribution in [1.82, 2.24) is 4.98 Å². The Balaban J connectivity index is 1.67. The van der Waals surface area contributed by atoms with Crippen LogP contribution in [0.3, 0.4) is 0 Å². The highest BCUT2D eigenvalue weighted by molar-refractivity contribution is 7.15. The van der Waals surface area contributed by atoms with Gasteiger partial charge in [0.15, 0.2) is 0 Å². The third kappa shape index (κ3) is 2.61. The molecule has 0 atom stereocenters. The van der Waals surface area contributed by atoms with Crippen LogP contribution >= 0.6 is 11.3 Å². The summed E-state index contributed by atoms with van der Waals surface area (Å²) in [5.41, 5.74) is 1.90. The van der Waals surface area contributed by atoms with Crippen LogP contribution in [0.4, 0.5) is 5.13 Å². The molecule has 0 amide bonds. The van der Waals surface area contributed by atoms with Gasteiger partial charge in [-0.3, -0.25) is 0 Å². The quantitative estimate of drug-likeness (QED) is 0.671. The first kappa shape index (κ1) is 14.0. The lowest BCUT2D eigenvalue weighted by Gasteiger charge is -2.16. The number of thiazole rings is 1. The number of aryl methyl sites for hydroxylation is 1. The molecule has 0 N–H and O–H groups in total. The standard InChI is InChI=1S/C17H14N2O3S/c1-10-3-4-12(22-10)8-18-17-19-16-13-6-5-11(20-2)7-14(13)21-9-15(16)23-17/h3-8H,9H2,1-2H3. The maximum atomic E-state index is 5.79. The van der Waals surface area contributed by atoms with Gasteiger partial charge in [0.1, 0.15) is 29.6 Å². The number of aromatic nitrogens is 1. The van der Waals surface area contributed by atoms with E-state index in [-0.39, 0.29) is 0 Å². The Hall–Kier alpha value is -2.60. The van der Waals surface area contributed by atoms with Crippen LogP contribution in [0.5, 0.6) is 11.5 Å². The van der Waals surface area contributed by atoms with E-state index < -0.39 is 0 Å². The average Bonchev–Trinajstić information content (AvgIpc) is 3.18. The van der Waals surface area contributed by atoms with Crippen LogP contribution in [0, 0.1) is 6.92 Å². The van der Waals surface area contributed by atoms with Gasteiger partial charge < -0.3 is 13.9 Å². The number of hydrogen-bond donors (Lipinski definition) is 0. The molecular weight excluding hydrogens is 312 g/mol. The third-order valence-corrected chi connectivity index (χ3v) is 4.49. The highest BCUT2D eigenvalue weighted by atomic mass is 32.1. The molecule has 1 aliphatic heterocycles. The molecule has 0 spiro atoms. The lowest BCUT2D eigenvalue weighted by Crippen LogP contribution is -2.03. The van der Waals surface area contributed by atoms with Gasteiger partial charge in [0.25, 0.3) is 0 Å². The van der Waals surface area contributed by atoms with Gasteiger partial charge in [-0.25, -0.2) is 9.98 Å². The van der Waals surface area contributed by atoms with Gasteiger partial charge >= 0.3 is 0 Å². The summed E-state index contributed by atoms with van der Waals surface area (Å²) in [7, 11) is 1.64. The molecular formula is C17H14N2O3S. The van der Waals surface area contributed by atoms with Gasteiger partial charge in [0, 0.05) is 11.6 Å². The van der Waals surface area contributed by atoms with E-state index in [1.54, 1.807) is 13.3 Å². The van der Waals surface area contributed by atoms with Gasteiger partial charge in [-0.2, -0.15) is 0 Å². The lowest BCUT2D eigenvalue weighted by molar-refractivity contribution is 0.303. The molecule has 0 aliphatic carbocycles. The molecule has 0 fully saturated rings. The second kappa shape index (κ2) is 5.55. The fraction of sp³-hybridized carbons (Fsp3) is 0.176. The normalized spacial score (nSPS) is 12.8. The van der Waals surface area contributed by atoms with Crippen molar-refractivity contribution in [3.05, 3.63) is 46.7 Å². The van der Waals surface area contributed by atoms with Crippen molar-refractivity contribution in [3.8, 4) is 22.8 Å². The minimum absolute atomic E-state index is 0.503. The van der Waals surface area contributed by atoms with E-state index in [0.717, 1.165) is 39.2 Å². The van der Waals surface area contributed by atoms with E-state index in [2.05, 4.69) is 9.98 Å². The number of ether oxygens (including phenoxy) is 2. The van der Waals surface area contributed by atoms with Gasteiger partial charge in [-0.15, -0.1) is 0 Å². The smallest absolute Gasteiger partial charge is 0.210 e. The summed E-state index contributed by atoms with van der Waals surface area (Å²) >= 11 is 1.53. The lowest BCUT2D eigenvalue weighted by atomic mass is 10.1. The summed E-state index contributed by atoms with van der Waals surface area (Å²) < 4.78 is 16.5. The van der Waals surface area contributed by atoms with E-state index in [9.17, 15) is 0 Å². The molecule has 1 aromatic carbocycles. The van der Waals surface area contributed by atoms with Crippen LogP contribution in [-0.2, 0) is 6.61 Å². The SMILES string of the molecule is COc1ccc2c(c1)OCc1sc(N=Cc3ccc(C)o3)nc1-2. The van der Waals surface area contributed by atoms with Crippen LogP contribution < -0.4 is 9.47 Å². The topological polar surface area (TPSA) is 56.9 Å². The van der Waals surface area contributed by atoms with Gasteiger partial charge in [-0.1, -0.05) is 11.3 Å². The summed E-state index contributed by atoms with van der Waals surface area (Å²) in [5, 5.41) is 0.691. The van der Waals surface area contributed by atoms with Gasteiger partial charge in [0.2, 0.25) is 5.13 Å². The zero-order chi connectivity index (χ0) is 15.8. The molecule has 0 unspecified atom stereocenters. The van der Waals surface area contributed by atoms with Crippen molar-refractivity contribution in [3.63, 3.8) is 0 Å². The molecule has 0 radical (unpaired) electrons. The molecule has 3 heterocycles. The Morgan fingerprint density at radius 2 is 2.22 bits per heavy atom. The van der Waals surface area contributed by atoms with E-state index >= 15 is 0 Å². The predicted molar refractivity (Wildman–Crippen MR) is 89.1 cm³/mol. The maximum Gasteiger partial charge on any atom is 0.210 e. The molecule has 0 saturated carbocycles. The van der Waals surface area contributed by atoms with Crippen molar-refractivity contribution >= 4 is 22.7 Å². The monoisotopic (exact) mass is 326 g/mol. The Bertz CT molecular complexity index is 895. The molecule has 1 aliphatic rings. The highest BCUT2D eigenvalue weighted by Crippen LogP contribution is 2.42. The van der Waals surface area contributed by atoms with E-state index in [4.69, 9.17) is 13.9 Å². The van der Waals surface area contributed by atoms with E-state index in [1.807, 2.05) is 37.3 Å².